The lowest BCUT2D eigenvalue weighted by Crippen LogP contribution is -1.81. The molecule has 11 heavy (non-hydrogen) atoms. The fourth-order valence-corrected chi connectivity index (χ4v) is 0.781. The van der Waals surface area contributed by atoms with Gasteiger partial charge in [0, 0.05) is 0 Å². The molecule has 0 heterocycles. The van der Waals surface area contributed by atoms with Gasteiger partial charge < -0.3 is 0 Å². The van der Waals surface area contributed by atoms with Crippen molar-refractivity contribution in [3.8, 4) is 0 Å². The Morgan fingerprint density at radius 2 is 1.91 bits per heavy atom. The van der Waals surface area contributed by atoms with E-state index in [1.807, 2.05) is 13.8 Å². The zero-order valence-electron chi connectivity index (χ0n) is 8.02. The number of rotatable bonds is 3. The Bertz CT molecular complexity index is 180. The molecule has 0 aromatic heterocycles. The smallest absolute Gasteiger partial charge is 0.0279 e. The van der Waals surface area contributed by atoms with Gasteiger partial charge in [-0.05, 0) is 25.3 Å². The molecular formula is C11H18. The van der Waals surface area contributed by atoms with E-state index in [4.69, 9.17) is 0 Å². The molecule has 0 aliphatic rings. The lowest BCUT2D eigenvalue weighted by molar-refractivity contribution is 0.831. The van der Waals surface area contributed by atoms with Crippen LogP contribution in [0.5, 0.6) is 0 Å². The molecule has 0 rings (SSSR count). The molecule has 0 aromatic rings. The Hall–Kier alpha value is -0.780. The van der Waals surface area contributed by atoms with Gasteiger partial charge in [0.25, 0.3) is 0 Å². The highest BCUT2D eigenvalue weighted by Crippen LogP contribution is 2.09. The Balaban J connectivity index is 4.22. The van der Waals surface area contributed by atoms with Crippen molar-refractivity contribution in [2.75, 3.05) is 0 Å². The maximum Gasteiger partial charge on any atom is -0.0279 e. The van der Waals surface area contributed by atoms with E-state index in [1.54, 1.807) is 0 Å². The Morgan fingerprint density at radius 3 is 2.18 bits per heavy atom. The number of allylic oxidation sites excluding steroid dienone is 5. The third-order valence-corrected chi connectivity index (χ3v) is 1.46. The van der Waals surface area contributed by atoms with E-state index in [0.717, 1.165) is 5.57 Å². The van der Waals surface area contributed by atoms with Gasteiger partial charge in [0.15, 0.2) is 0 Å². The summed E-state index contributed by atoms with van der Waals surface area (Å²) in [6.45, 7) is 12.3. The van der Waals surface area contributed by atoms with E-state index in [9.17, 15) is 0 Å². The van der Waals surface area contributed by atoms with Crippen LogP contribution in [-0.2, 0) is 0 Å². The quantitative estimate of drug-likeness (QED) is 0.538. The minimum atomic E-state index is 0.615. The fraction of sp³-hybridized carbons (Fsp3) is 0.455. The lowest BCUT2D eigenvalue weighted by atomic mass is 10.1. The summed E-state index contributed by atoms with van der Waals surface area (Å²) in [6.07, 6.45) is 6.40. The molecule has 0 amide bonds. The minimum Gasteiger partial charge on any atom is -0.0955 e. The summed E-state index contributed by atoms with van der Waals surface area (Å²) in [5.74, 6) is 0.615. The average Bonchev–Trinajstić information content (AvgIpc) is 1.87. The Morgan fingerprint density at radius 1 is 1.36 bits per heavy atom. The highest BCUT2D eigenvalue weighted by molar-refractivity contribution is 5.35. The first-order valence-corrected chi connectivity index (χ1v) is 4.08. The Kier molecular flexibility index (Phi) is 4.60. The first-order chi connectivity index (χ1) is 5.07. The van der Waals surface area contributed by atoms with Crippen molar-refractivity contribution in [3.05, 3.63) is 36.0 Å². The van der Waals surface area contributed by atoms with Gasteiger partial charge in [-0.25, -0.2) is 0 Å². The van der Waals surface area contributed by atoms with Crippen LogP contribution in [0.25, 0.3) is 0 Å². The van der Waals surface area contributed by atoms with Crippen molar-refractivity contribution >= 4 is 0 Å². The molecule has 0 aromatic carbocycles. The van der Waals surface area contributed by atoms with E-state index in [0.29, 0.717) is 5.92 Å². The molecule has 0 saturated heterocycles. The lowest BCUT2D eigenvalue weighted by Gasteiger charge is -1.99. The molecule has 0 radical (unpaired) electrons. The number of hydrogen-bond donors (Lipinski definition) is 0. The first-order valence-electron chi connectivity index (χ1n) is 4.08. The van der Waals surface area contributed by atoms with Gasteiger partial charge in [-0.3, -0.25) is 0 Å². The highest BCUT2D eigenvalue weighted by Gasteiger charge is 1.90. The third kappa shape index (κ3) is 4.60. The van der Waals surface area contributed by atoms with Gasteiger partial charge in [0.1, 0.15) is 0 Å². The molecule has 0 saturated carbocycles. The SMILES string of the molecule is C=C(C)C(/C=C\C(C)C)=C/C. The highest BCUT2D eigenvalue weighted by atomic mass is 14.0. The molecule has 0 fully saturated rings. The van der Waals surface area contributed by atoms with Crippen LogP contribution in [0.3, 0.4) is 0 Å². The van der Waals surface area contributed by atoms with E-state index in [2.05, 4.69) is 38.7 Å². The largest absolute Gasteiger partial charge is 0.0955 e. The van der Waals surface area contributed by atoms with Gasteiger partial charge in [-0.1, -0.05) is 44.2 Å². The standard InChI is InChI=1S/C11H18/c1-6-11(10(4)5)8-7-9(2)3/h6-9H,4H2,1-3,5H3/b8-7-,11-6+. The molecule has 0 heteroatoms. The third-order valence-electron chi connectivity index (χ3n) is 1.46. The van der Waals surface area contributed by atoms with Crippen LogP contribution in [0.1, 0.15) is 27.7 Å². The van der Waals surface area contributed by atoms with Crippen LogP contribution in [0.15, 0.2) is 36.0 Å². The van der Waals surface area contributed by atoms with Crippen molar-refractivity contribution in [2.24, 2.45) is 5.92 Å². The van der Waals surface area contributed by atoms with Crippen LogP contribution in [-0.4, -0.2) is 0 Å². The molecule has 0 unspecified atom stereocenters. The average molecular weight is 150 g/mol. The molecule has 0 atom stereocenters. The van der Waals surface area contributed by atoms with Crippen molar-refractivity contribution in [2.45, 2.75) is 27.7 Å². The zero-order valence-corrected chi connectivity index (χ0v) is 8.02. The molecule has 0 aliphatic heterocycles. The first kappa shape index (κ1) is 10.2. The van der Waals surface area contributed by atoms with Crippen LogP contribution in [0.2, 0.25) is 0 Å². The summed E-state index contributed by atoms with van der Waals surface area (Å²) in [5.41, 5.74) is 2.36. The molecule has 0 aliphatic carbocycles. The molecule has 0 N–H and O–H groups in total. The summed E-state index contributed by atoms with van der Waals surface area (Å²) < 4.78 is 0. The van der Waals surface area contributed by atoms with Gasteiger partial charge in [-0.15, -0.1) is 0 Å². The summed E-state index contributed by atoms with van der Waals surface area (Å²) >= 11 is 0. The van der Waals surface area contributed by atoms with Crippen LogP contribution in [0.4, 0.5) is 0 Å². The normalized spacial score (nSPS) is 13.0. The van der Waals surface area contributed by atoms with Crippen molar-refractivity contribution < 1.29 is 0 Å². The van der Waals surface area contributed by atoms with E-state index >= 15 is 0 Å². The monoisotopic (exact) mass is 150 g/mol. The molecule has 0 nitrogen and oxygen atoms in total. The van der Waals surface area contributed by atoms with Gasteiger partial charge in [-0.2, -0.15) is 0 Å². The Labute approximate surface area is 70.3 Å². The number of hydrogen-bond acceptors (Lipinski definition) is 0. The second kappa shape index (κ2) is 4.95. The van der Waals surface area contributed by atoms with Crippen LogP contribution >= 0.6 is 0 Å². The van der Waals surface area contributed by atoms with Crippen LogP contribution in [0, 0.1) is 5.92 Å². The molecule has 62 valence electrons. The summed E-state index contributed by atoms with van der Waals surface area (Å²) in [6, 6.07) is 0. The van der Waals surface area contributed by atoms with E-state index < -0.39 is 0 Å². The van der Waals surface area contributed by atoms with E-state index in [-0.39, 0.29) is 0 Å². The maximum absolute atomic E-state index is 3.88. The summed E-state index contributed by atoms with van der Waals surface area (Å²) in [7, 11) is 0. The van der Waals surface area contributed by atoms with Crippen molar-refractivity contribution in [1.82, 2.24) is 0 Å². The minimum absolute atomic E-state index is 0.615. The second-order valence-electron chi connectivity index (χ2n) is 3.13. The second-order valence-corrected chi connectivity index (χ2v) is 3.13. The fourth-order valence-electron chi connectivity index (χ4n) is 0.781. The molecule has 0 bridgehead atoms. The zero-order chi connectivity index (χ0) is 8.85. The molecule has 0 spiro atoms. The van der Waals surface area contributed by atoms with Crippen LogP contribution < -0.4 is 0 Å². The van der Waals surface area contributed by atoms with Gasteiger partial charge in [0.05, 0.1) is 0 Å². The van der Waals surface area contributed by atoms with Crippen molar-refractivity contribution in [3.63, 3.8) is 0 Å². The topological polar surface area (TPSA) is 0 Å². The summed E-state index contributed by atoms with van der Waals surface area (Å²) in [5, 5.41) is 0. The van der Waals surface area contributed by atoms with Gasteiger partial charge >= 0.3 is 0 Å². The predicted molar refractivity (Wildman–Crippen MR) is 52.5 cm³/mol. The molecular weight excluding hydrogens is 132 g/mol. The maximum atomic E-state index is 3.88. The summed E-state index contributed by atoms with van der Waals surface area (Å²) in [4.78, 5) is 0. The van der Waals surface area contributed by atoms with E-state index in [1.165, 1.54) is 5.57 Å². The van der Waals surface area contributed by atoms with Crippen molar-refractivity contribution in [1.29, 1.82) is 0 Å². The predicted octanol–water partition coefficient (Wildman–Crippen LogP) is 3.72. The van der Waals surface area contributed by atoms with Gasteiger partial charge in [0.2, 0.25) is 0 Å².